The maximum Gasteiger partial charge on any atom is 0.256 e. The van der Waals surface area contributed by atoms with E-state index in [0.717, 1.165) is 11.3 Å². The number of hydrogen-bond acceptors (Lipinski definition) is 3. The van der Waals surface area contributed by atoms with E-state index in [2.05, 4.69) is 10.4 Å². The summed E-state index contributed by atoms with van der Waals surface area (Å²) in [6, 6.07) is 7.19. The monoisotopic (exact) mass is 259 g/mol. The summed E-state index contributed by atoms with van der Waals surface area (Å²) in [5.74, 6) is 1.19. The first-order chi connectivity index (χ1) is 9.01. The summed E-state index contributed by atoms with van der Waals surface area (Å²) in [5, 5.41) is 7.01. The van der Waals surface area contributed by atoms with Crippen molar-refractivity contribution in [2.24, 2.45) is 7.05 Å². The van der Waals surface area contributed by atoms with Gasteiger partial charge in [-0.1, -0.05) is 6.07 Å². The largest absolute Gasteiger partial charge is 0.496 e. The van der Waals surface area contributed by atoms with Gasteiger partial charge in [-0.2, -0.15) is 5.10 Å². The molecule has 0 aliphatic rings. The second-order valence-corrected chi connectivity index (χ2v) is 4.43. The van der Waals surface area contributed by atoms with Crippen molar-refractivity contribution in [3.63, 3.8) is 0 Å². The van der Waals surface area contributed by atoms with E-state index < -0.39 is 0 Å². The number of nitrogens with zero attached hydrogens (tertiary/aromatic N) is 2. The normalized spacial score (nSPS) is 10.3. The number of rotatable bonds is 3. The molecule has 1 N–H and O–H groups in total. The van der Waals surface area contributed by atoms with E-state index in [1.165, 1.54) is 0 Å². The number of benzene rings is 1. The quantitative estimate of drug-likeness (QED) is 0.920. The fourth-order valence-corrected chi connectivity index (χ4v) is 1.88. The van der Waals surface area contributed by atoms with Crippen LogP contribution in [0.3, 0.4) is 0 Å². The highest BCUT2D eigenvalue weighted by atomic mass is 16.5. The number of nitrogens with one attached hydrogen (secondary N) is 1. The van der Waals surface area contributed by atoms with Gasteiger partial charge in [0.25, 0.3) is 5.91 Å². The van der Waals surface area contributed by atoms with Crippen molar-refractivity contribution < 1.29 is 9.53 Å². The van der Waals surface area contributed by atoms with Crippen LogP contribution in [-0.2, 0) is 7.05 Å². The second kappa shape index (κ2) is 5.14. The lowest BCUT2D eigenvalue weighted by Crippen LogP contribution is -2.14. The van der Waals surface area contributed by atoms with E-state index in [1.54, 1.807) is 31.0 Å². The van der Waals surface area contributed by atoms with Crippen molar-refractivity contribution in [3.8, 4) is 5.75 Å². The van der Waals surface area contributed by atoms with Crippen LogP contribution in [0.1, 0.15) is 21.6 Å². The summed E-state index contributed by atoms with van der Waals surface area (Å²) in [6.07, 6.45) is 0. The third-order valence-corrected chi connectivity index (χ3v) is 2.91. The van der Waals surface area contributed by atoms with Gasteiger partial charge in [0.1, 0.15) is 11.6 Å². The Morgan fingerprint density at radius 3 is 2.63 bits per heavy atom. The average molecular weight is 259 g/mol. The first-order valence-electron chi connectivity index (χ1n) is 5.98. The van der Waals surface area contributed by atoms with Gasteiger partial charge in [0.15, 0.2) is 0 Å². The molecule has 0 atom stereocenters. The number of aryl methyl sites for hydroxylation is 3. The molecule has 0 saturated heterocycles. The molecule has 100 valence electrons. The molecule has 1 heterocycles. The van der Waals surface area contributed by atoms with Crippen molar-refractivity contribution in [1.29, 1.82) is 0 Å². The molecule has 0 saturated carbocycles. The van der Waals surface area contributed by atoms with Crippen molar-refractivity contribution in [1.82, 2.24) is 9.78 Å². The van der Waals surface area contributed by atoms with Crippen LogP contribution in [-0.4, -0.2) is 22.8 Å². The van der Waals surface area contributed by atoms with Gasteiger partial charge < -0.3 is 10.1 Å². The highest BCUT2D eigenvalue weighted by molar-refractivity contribution is 6.04. The summed E-state index contributed by atoms with van der Waals surface area (Å²) in [5.41, 5.74) is 2.41. The molecular formula is C14H17N3O2. The van der Waals surface area contributed by atoms with Crippen LogP contribution >= 0.6 is 0 Å². The van der Waals surface area contributed by atoms with Crippen molar-refractivity contribution in [2.45, 2.75) is 13.8 Å². The van der Waals surface area contributed by atoms with Crippen molar-refractivity contribution in [3.05, 3.63) is 41.1 Å². The number of amides is 1. The number of methoxy groups -OCH3 is 1. The number of carbonyl (C=O) groups is 1. The molecule has 0 aliphatic heterocycles. The van der Waals surface area contributed by atoms with Crippen LogP contribution in [0.2, 0.25) is 0 Å². The Kier molecular flexibility index (Phi) is 3.55. The molecule has 1 aromatic heterocycles. The molecule has 5 heteroatoms. The lowest BCUT2D eigenvalue weighted by atomic mass is 10.1. The van der Waals surface area contributed by atoms with Crippen LogP contribution in [0, 0.1) is 13.8 Å². The topological polar surface area (TPSA) is 56.1 Å². The summed E-state index contributed by atoms with van der Waals surface area (Å²) in [6.45, 7) is 3.82. The minimum Gasteiger partial charge on any atom is -0.496 e. The molecule has 0 unspecified atom stereocenters. The number of anilines is 1. The number of hydrogen-bond donors (Lipinski definition) is 1. The van der Waals surface area contributed by atoms with Gasteiger partial charge in [0.2, 0.25) is 0 Å². The zero-order chi connectivity index (χ0) is 14.0. The summed E-state index contributed by atoms with van der Waals surface area (Å²) in [7, 11) is 3.38. The lowest BCUT2D eigenvalue weighted by molar-refractivity contribution is 0.102. The molecule has 0 radical (unpaired) electrons. The van der Waals surface area contributed by atoms with Crippen LogP contribution < -0.4 is 10.1 Å². The molecule has 2 aromatic rings. The van der Waals surface area contributed by atoms with Gasteiger partial charge in [-0.15, -0.1) is 0 Å². The second-order valence-electron chi connectivity index (χ2n) is 4.43. The Bertz CT molecular complexity index is 617. The molecule has 1 aromatic carbocycles. The van der Waals surface area contributed by atoms with E-state index >= 15 is 0 Å². The standard InChI is InChI=1S/C14H17N3O2/c1-9-5-6-11(8-12(9)19-4)14(18)15-13-7-10(2)16-17(13)3/h5-8H,1-4H3,(H,15,18). The minimum absolute atomic E-state index is 0.179. The van der Waals surface area contributed by atoms with Crippen LogP contribution in [0.15, 0.2) is 24.3 Å². The Morgan fingerprint density at radius 1 is 1.32 bits per heavy atom. The average Bonchev–Trinajstić information content (AvgIpc) is 2.68. The highest BCUT2D eigenvalue weighted by Gasteiger charge is 2.11. The molecule has 0 aliphatic carbocycles. The minimum atomic E-state index is -0.179. The third-order valence-electron chi connectivity index (χ3n) is 2.91. The molecule has 1 amide bonds. The molecule has 19 heavy (non-hydrogen) atoms. The van der Waals surface area contributed by atoms with Gasteiger partial charge in [-0.05, 0) is 31.5 Å². The van der Waals surface area contributed by atoms with Gasteiger partial charge in [-0.3, -0.25) is 9.48 Å². The Morgan fingerprint density at radius 2 is 2.05 bits per heavy atom. The van der Waals surface area contributed by atoms with Crippen LogP contribution in [0.4, 0.5) is 5.82 Å². The van der Waals surface area contributed by atoms with Gasteiger partial charge in [-0.25, -0.2) is 0 Å². The zero-order valence-electron chi connectivity index (χ0n) is 11.5. The summed E-state index contributed by atoms with van der Waals surface area (Å²) < 4.78 is 6.85. The maximum atomic E-state index is 12.1. The number of ether oxygens (including phenoxy) is 1. The Hall–Kier alpha value is -2.30. The van der Waals surface area contributed by atoms with E-state index in [4.69, 9.17) is 4.74 Å². The van der Waals surface area contributed by atoms with Crippen LogP contribution in [0.25, 0.3) is 0 Å². The van der Waals surface area contributed by atoms with Crippen LogP contribution in [0.5, 0.6) is 5.75 Å². The smallest absolute Gasteiger partial charge is 0.256 e. The zero-order valence-corrected chi connectivity index (χ0v) is 11.5. The fraction of sp³-hybridized carbons (Fsp3) is 0.286. The van der Waals surface area contributed by atoms with E-state index in [1.807, 2.05) is 26.0 Å². The SMILES string of the molecule is COc1cc(C(=O)Nc2cc(C)nn2C)ccc1C. The van der Waals surface area contributed by atoms with Gasteiger partial charge in [0.05, 0.1) is 12.8 Å². The van der Waals surface area contributed by atoms with Crippen molar-refractivity contribution in [2.75, 3.05) is 12.4 Å². The van der Waals surface area contributed by atoms with E-state index in [-0.39, 0.29) is 5.91 Å². The highest BCUT2D eigenvalue weighted by Crippen LogP contribution is 2.20. The Labute approximate surface area is 112 Å². The molecule has 5 nitrogen and oxygen atoms in total. The maximum absolute atomic E-state index is 12.1. The van der Waals surface area contributed by atoms with Crippen molar-refractivity contribution >= 4 is 11.7 Å². The molecular weight excluding hydrogens is 242 g/mol. The molecule has 0 fully saturated rings. The van der Waals surface area contributed by atoms with E-state index in [9.17, 15) is 4.79 Å². The Balaban J connectivity index is 2.23. The predicted molar refractivity (Wildman–Crippen MR) is 73.6 cm³/mol. The molecule has 2 rings (SSSR count). The molecule has 0 bridgehead atoms. The van der Waals surface area contributed by atoms with E-state index in [0.29, 0.717) is 17.1 Å². The predicted octanol–water partition coefficient (Wildman–Crippen LogP) is 2.30. The first-order valence-corrected chi connectivity index (χ1v) is 5.98. The summed E-state index contributed by atoms with van der Waals surface area (Å²) >= 11 is 0. The summed E-state index contributed by atoms with van der Waals surface area (Å²) in [4.78, 5) is 12.1. The molecule has 0 spiro atoms. The van der Waals surface area contributed by atoms with Gasteiger partial charge in [0, 0.05) is 18.7 Å². The lowest BCUT2D eigenvalue weighted by Gasteiger charge is -2.08. The fourth-order valence-electron chi connectivity index (χ4n) is 1.88. The number of carbonyl (C=O) groups excluding carboxylic acids is 1. The number of aromatic nitrogens is 2. The first kappa shape index (κ1) is 13.1. The third kappa shape index (κ3) is 2.76. The van der Waals surface area contributed by atoms with Gasteiger partial charge >= 0.3 is 0 Å².